The average Bonchev–Trinajstić information content (AvgIpc) is 2.43. The second-order valence-corrected chi connectivity index (χ2v) is 4.81. The minimum Gasteiger partial charge on any atom is -0.508 e. The molecule has 112 valence electrons. The lowest BCUT2D eigenvalue weighted by Gasteiger charge is -2.38. The average molecular weight is 290 g/mol. The number of nitrogens with one attached hydrogen (secondary N) is 1. The van der Waals surface area contributed by atoms with Crippen LogP contribution in [0, 0.1) is 5.82 Å². The Bertz CT molecular complexity index is 465. The summed E-state index contributed by atoms with van der Waals surface area (Å²) in [7, 11) is 0. The molecule has 0 saturated carbocycles. The maximum Gasteiger partial charge on any atom is 0.290 e. The molecule has 1 aromatic carbocycles. The molecule has 0 unspecified atom stereocenters. The summed E-state index contributed by atoms with van der Waals surface area (Å²) in [6.07, 6.45) is 0. The Morgan fingerprint density at radius 3 is 2.50 bits per heavy atom. The standard InChI is InChI=1S/C13H17F3N2O2/c14-11-7-9(20)1-2-10(11)12(13(15,16)8-19)18-5-3-17-4-6-18/h1-2,7,12,17,19-20H,3-6,8H2/t12-/m1/s1. The van der Waals surface area contributed by atoms with Crippen LogP contribution < -0.4 is 5.32 Å². The third-order valence-corrected chi connectivity index (χ3v) is 3.41. The van der Waals surface area contributed by atoms with Crippen LogP contribution in [0.3, 0.4) is 0 Å². The second-order valence-electron chi connectivity index (χ2n) is 4.81. The van der Waals surface area contributed by atoms with Crippen molar-refractivity contribution in [2.24, 2.45) is 0 Å². The van der Waals surface area contributed by atoms with E-state index in [2.05, 4.69) is 5.32 Å². The Kier molecular flexibility index (Phi) is 4.52. The molecule has 4 nitrogen and oxygen atoms in total. The molecular formula is C13H17F3N2O2. The first kappa shape index (κ1) is 15.1. The van der Waals surface area contributed by atoms with Gasteiger partial charge in [-0.3, -0.25) is 4.90 Å². The molecule has 2 rings (SSSR count). The van der Waals surface area contributed by atoms with Gasteiger partial charge >= 0.3 is 0 Å². The van der Waals surface area contributed by atoms with Gasteiger partial charge in [0.2, 0.25) is 0 Å². The maximum atomic E-state index is 14.0. The Morgan fingerprint density at radius 1 is 1.30 bits per heavy atom. The van der Waals surface area contributed by atoms with Crippen LogP contribution >= 0.6 is 0 Å². The van der Waals surface area contributed by atoms with Crippen LogP contribution in [0.2, 0.25) is 0 Å². The van der Waals surface area contributed by atoms with Crippen molar-refractivity contribution in [3.63, 3.8) is 0 Å². The van der Waals surface area contributed by atoms with Crippen LogP contribution in [0.25, 0.3) is 0 Å². The number of phenolic OH excluding ortho intramolecular Hbond substituents is 1. The van der Waals surface area contributed by atoms with Gasteiger partial charge in [0.1, 0.15) is 24.2 Å². The minimum atomic E-state index is -3.46. The number of halogens is 3. The second kappa shape index (κ2) is 5.99. The maximum absolute atomic E-state index is 14.0. The lowest BCUT2D eigenvalue weighted by molar-refractivity contribution is -0.119. The van der Waals surface area contributed by atoms with Crippen LogP contribution in [-0.2, 0) is 0 Å². The smallest absolute Gasteiger partial charge is 0.290 e. The molecule has 0 amide bonds. The number of benzene rings is 1. The number of aliphatic hydroxyl groups excluding tert-OH is 1. The quantitative estimate of drug-likeness (QED) is 0.777. The molecule has 1 fully saturated rings. The summed E-state index contributed by atoms with van der Waals surface area (Å²) in [5.74, 6) is -4.69. The Morgan fingerprint density at radius 2 is 1.95 bits per heavy atom. The first-order chi connectivity index (χ1) is 9.45. The fourth-order valence-corrected chi connectivity index (χ4v) is 2.46. The molecule has 0 spiro atoms. The van der Waals surface area contributed by atoms with Crippen molar-refractivity contribution in [2.45, 2.75) is 12.0 Å². The van der Waals surface area contributed by atoms with Gasteiger partial charge < -0.3 is 15.5 Å². The van der Waals surface area contributed by atoms with E-state index in [-0.39, 0.29) is 11.3 Å². The van der Waals surface area contributed by atoms with Crippen LogP contribution in [0.15, 0.2) is 18.2 Å². The van der Waals surface area contributed by atoms with Crippen LogP contribution in [0.4, 0.5) is 13.2 Å². The van der Waals surface area contributed by atoms with Crippen molar-refractivity contribution in [3.8, 4) is 5.75 Å². The summed E-state index contributed by atoms with van der Waals surface area (Å²) in [6, 6.07) is 1.56. The fourth-order valence-electron chi connectivity index (χ4n) is 2.46. The van der Waals surface area contributed by atoms with Crippen LogP contribution in [-0.4, -0.2) is 53.8 Å². The molecule has 1 saturated heterocycles. The third kappa shape index (κ3) is 3.05. The summed E-state index contributed by atoms with van der Waals surface area (Å²) >= 11 is 0. The van der Waals surface area contributed by atoms with E-state index in [0.717, 1.165) is 12.1 Å². The number of aromatic hydroxyl groups is 1. The summed E-state index contributed by atoms with van der Waals surface area (Å²) < 4.78 is 42.0. The fraction of sp³-hybridized carbons (Fsp3) is 0.538. The lowest BCUT2D eigenvalue weighted by Crippen LogP contribution is -2.51. The van der Waals surface area contributed by atoms with Gasteiger partial charge in [0.15, 0.2) is 0 Å². The van der Waals surface area contributed by atoms with Gasteiger partial charge in [0.05, 0.1) is 0 Å². The van der Waals surface area contributed by atoms with E-state index in [9.17, 15) is 18.3 Å². The summed E-state index contributed by atoms with van der Waals surface area (Å²) in [6.45, 7) is 0.360. The molecule has 0 aliphatic carbocycles. The highest BCUT2D eigenvalue weighted by molar-refractivity contribution is 5.31. The number of aliphatic hydroxyl groups is 1. The van der Waals surface area contributed by atoms with Crippen molar-refractivity contribution >= 4 is 0 Å². The van der Waals surface area contributed by atoms with Crippen molar-refractivity contribution in [1.29, 1.82) is 0 Å². The normalized spacial score (nSPS) is 19.0. The monoisotopic (exact) mass is 290 g/mol. The topological polar surface area (TPSA) is 55.7 Å². The molecule has 1 aliphatic rings. The van der Waals surface area contributed by atoms with E-state index in [0.29, 0.717) is 26.2 Å². The number of alkyl halides is 2. The van der Waals surface area contributed by atoms with E-state index in [1.165, 1.54) is 11.0 Å². The molecule has 3 N–H and O–H groups in total. The molecule has 7 heteroatoms. The molecule has 0 bridgehead atoms. The predicted molar refractivity (Wildman–Crippen MR) is 67.3 cm³/mol. The number of hydrogen-bond acceptors (Lipinski definition) is 4. The largest absolute Gasteiger partial charge is 0.508 e. The summed E-state index contributed by atoms with van der Waals surface area (Å²) in [5, 5.41) is 21.2. The number of phenols is 1. The van der Waals surface area contributed by atoms with Gasteiger partial charge in [-0.2, -0.15) is 0 Å². The van der Waals surface area contributed by atoms with E-state index >= 15 is 0 Å². The third-order valence-electron chi connectivity index (χ3n) is 3.41. The van der Waals surface area contributed by atoms with E-state index in [4.69, 9.17) is 5.11 Å². The van der Waals surface area contributed by atoms with Gasteiger partial charge in [-0.05, 0) is 6.07 Å². The van der Waals surface area contributed by atoms with E-state index in [1.807, 2.05) is 0 Å². The van der Waals surface area contributed by atoms with Gasteiger partial charge in [-0.1, -0.05) is 6.07 Å². The van der Waals surface area contributed by atoms with Crippen molar-refractivity contribution in [2.75, 3.05) is 32.8 Å². The highest BCUT2D eigenvalue weighted by atomic mass is 19.3. The molecular weight excluding hydrogens is 273 g/mol. The summed E-state index contributed by atoms with van der Waals surface area (Å²) in [4.78, 5) is 1.45. The molecule has 1 aromatic rings. The summed E-state index contributed by atoms with van der Waals surface area (Å²) in [5.41, 5.74) is -0.219. The zero-order valence-corrected chi connectivity index (χ0v) is 10.8. The van der Waals surface area contributed by atoms with Gasteiger partial charge in [0, 0.05) is 37.8 Å². The first-order valence-electron chi connectivity index (χ1n) is 6.37. The predicted octanol–water partition coefficient (Wildman–Crippen LogP) is 1.11. The van der Waals surface area contributed by atoms with Crippen molar-refractivity contribution in [1.82, 2.24) is 10.2 Å². The Hall–Kier alpha value is -1.31. The van der Waals surface area contributed by atoms with Crippen LogP contribution in [0.1, 0.15) is 11.6 Å². The van der Waals surface area contributed by atoms with Gasteiger partial charge in [-0.15, -0.1) is 0 Å². The van der Waals surface area contributed by atoms with Crippen molar-refractivity contribution in [3.05, 3.63) is 29.6 Å². The number of nitrogens with zero attached hydrogens (tertiary/aromatic N) is 1. The van der Waals surface area contributed by atoms with Gasteiger partial charge in [0.25, 0.3) is 5.92 Å². The van der Waals surface area contributed by atoms with Crippen LogP contribution in [0.5, 0.6) is 5.75 Å². The number of rotatable bonds is 4. The highest BCUT2D eigenvalue weighted by Gasteiger charge is 2.45. The lowest BCUT2D eigenvalue weighted by atomic mass is 9.97. The molecule has 1 aliphatic heterocycles. The first-order valence-corrected chi connectivity index (χ1v) is 6.37. The zero-order chi connectivity index (χ0) is 14.8. The molecule has 20 heavy (non-hydrogen) atoms. The minimum absolute atomic E-state index is 0.219. The Balaban J connectivity index is 2.39. The van der Waals surface area contributed by atoms with Crippen molar-refractivity contribution < 1.29 is 23.4 Å². The number of hydrogen-bond donors (Lipinski definition) is 3. The van der Waals surface area contributed by atoms with Gasteiger partial charge in [-0.25, -0.2) is 13.2 Å². The molecule has 0 radical (unpaired) electrons. The SMILES string of the molecule is OCC(F)(F)[C@@H](c1ccc(O)cc1F)N1CCNCC1. The highest BCUT2D eigenvalue weighted by Crippen LogP contribution is 2.38. The van der Waals surface area contributed by atoms with E-state index < -0.39 is 24.4 Å². The zero-order valence-electron chi connectivity index (χ0n) is 10.8. The molecule has 0 aromatic heterocycles. The Labute approximate surface area is 114 Å². The number of piperazine rings is 1. The molecule has 1 heterocycles. The molecule has 1 atom stereocenters. The van der Waals surface area contributed by atoms with E-state index in [1.54, 1.807) is 0 Å².